The van der Waals surface area contributed by atoms with Gasteiger partial charge in [-0.3, -0.25) is 0 Å². The van der Waals surface area contributed by atoms with Crippen LogP contribution in [0.5, 0.6) is 0 Å². The van der Waals surface area contributed by atoms with Gasteiger partial charge in [0.05, 0.1) is 0 Å². The predicted molar refractivity (Wildman–Crippen MR) is 88.2 cm³/mol. The van der Waals surface area contributed by atoms with Crippen molar-refractivity contribution in [3.63, 3.8) is 0 Å². The lowest BCUT2D eigenvalue weighted by Crippen LogP contribution is -2.34. The summed E-state index contributed by atoms with van der Waals surface area (Å²) in [5.74, 6) is 0.580. The SMILES string of the molecule is Cc1ccc(C2CCNCC2c2cccc(F)c2)c(Br)c1. The number of hydrogen-bond donors (Lipinski definition) is 1. The van der Waals surface area contributed by atoms with Crippen LogP contribution in [0.2, 0.25) is 0 Å². The molecule has 3 rings (SSSR count). The van der Waals surface area contributed by atoms with Crippen LogP contribution >= 0.6 is 15.9 Å². The first-order chi connectivity index (χ1) is 10.1. The van der Waals surface area contributed by atoms with Crippen LogP contribution in [0.25, 0.3) is 0 Å². The van der Waals surface area contributed by atoms with Gasteiger partial charge in [0, 0.05) is 16.9 Å². The Morgan fingerprint density at radius 3 is 2.76 bits per heavy atom. The van der Waals surface area contributed by atoms with Gasteiger partial charge >= 0.3 is 0 Å². The Balaban J connectivity index is 1.98. The van der Waals surface area contributed by atoms with Crippen LogP contribution < -0.4 is 5.32 Å². The van der Waals surface area contributed by atoms with E-state index in [-0.39, 0.29) is 5.82 Å². The summed E-state index contributed by atoms with van der Waals surface area (Å²) in [7, 11) is 0. The minimum Gasteiger partial charge on any atom is -0.316 e. The first-order valence-corrected chi connectivity index (χ1v) is 8.16. The van der Waals surface area contributed by atoms with Crippen LogP contribution in [0.1, 0.15) is 34.9 Å². The summed E-state index contributed by atoms with van der Waals surface area (Å²) in [5.41, 5.74) is 3.66. The number of rotatable bonds is 2. The molecule has 1 aliphatic rings. The first kappa shape index (κ1) is 14.7. The Kier molecular flexibility index (Phi) is 4.41. The molecule has 21 heavy (non-hydrogen) atoms. The molecule has 0 radical (unpaired) electrons. The molecule has 0 aromatic heterocycles. The summed E-state index contributed by atoms with van der Waals surface area (Å²) in [6, 6.07) is 13.6. The fraction of sp³-hybridized carbons (Fsp3) is 0.333. The van der Waals surface area contributed by atoms with Crippen LogP contribution in [0.4, 0.5) is 4.39 Å². The summed E-state index contributed by atoms with van der Waals surface area (Å²) >= 11 is 3.70. The first-order valence-electron chi connectivity index (χ1n) is 7.37. The van der Waals surface area contributed by atoms with Gasteiger partial charge in [0.15, 0.2) is 0 Å². The Bertz CT molecular complexity index is 641. The quantitative estimate of drug-likeness (QED) is 0.825. The second-order valence-corrected chi connectivity index (χ2v) is 6.64. The Labute approximate surface area is 133 Å². The summed E-state index contributed by atoms with van der Waals surface area (Å²) < 4.78 is 14.7. The number of benzene rings is 2. The zero-order valence-corrected chi connectivity index (χ0v) is 13.7. The highest BCUT2D eigenvalue weighted by molar-refractivity contribution is 9.10. The van der Waals surface area contributed by atoms with Crippen molar-refractivity contribution in [2.24, 2.45) is 0 Å². The fourth-order valence-corrected chi connectivity index (χ4v) is 4.04. The molecule has 1 saturated heterocycles. The van der Waals surface area contributed by atoms with E-state index in [0.29, 0.717) is 11.8 Å². The van der Waals surface area contributed by atoms with Gasteiger partial charge < -0.3 is 5.32 Å². The zero-order chi connectivity index (χ0) is 14.8. The lowest BCUT2D eigenvalue weighted by atomic mass is 9.77. The Morgan fingerprint density at radius 1 is 1.14 bits per heavy atom. The van der Waals surface area contributed by atoms with Crippen molar-refractivity contribution in [2.75, 3.05) is 13.1 Å². The highest BCUT2D eigenvalue weighted by Crippen LogP contribution is 2.40. The van der Waals surface area contributed by atoms with Crippen molar-refractivity contribution >= 4 is 15.9 Å². The van der Waals surface area contributed by atoms with Gasteiger partial charge in [0.1, 0.15) is 5.82 Å². The molecule has 2 unspecified atom stereocenters. The summed E-state index contributed by atoms with van der Waals surface area (Å²) in [6.07, 6.45) is 1.07. The Morgan fingerprint density at radius 2 is 2.00 bits per heavy atom. The molecule has 1 nitrogen and oxygen atoms in total. The molecule has 2 aromatic carbocycles. The van der Waals surface area contributed by atoms with E-state index in [1.54, 1.807) is 12.1 Å². The maximum atomic E-state index is 13.6. The van der Waals surface area contributed by atoms with E-state index in [1.807, 2.05) is 6.07 Å². The van der Waals surface area contributed by atoms with Gasteiger partial charge in [-0.25, -0.2) is 4.39 Å². The number of halogens is 2. The molecule has 2 atom stereocenters. The molecule has 1 fully saturated rings. The standard InChI is InChI=1S/C18H19BrFN/c1-12-5-6-16(18(19)9-12)15-7-8-21-11-17(15)13-3-2-4-14(20)10-13/h2-6,9-10,15,17,21H,7-8,11H2,1H3. The molecule has 0 amide bonds. The molecular formula is C18H19BrFN. The molecule has 3 heteroatoms. The van der Waals surface area contributed by atoms with Crippen LogP contribution in [0.3, 0.4) is 0 Å². The van der Waals surface area contributed by atoms with Crippen molar-refractivity contribution in [1.29, 1.82) is 0 Å². The van der Waals surface area contributed by atoms with Gasteiger partial charge in [-0.1, -0.05) is 40.2 Å². The molecule has 0 spiro atoms. The largest absolute Gasteiger partial charge is 0.316 e. The maximum Gasteiger partial charge on any atom is 0.123 e. The average Bonchev–Trinajstić information content (AvgIpc) is 2.47. The summed E-state index contributed by atoms with van der Waals surface area (Å²) in [6.45, 7) is 4.01. The van der Waals surface area contributed by atoms with E-state index in [9.17, 15) is 4.39 Å². The highest BCUT2D eigenvalue weighted by atomic mass is 79.9. The van der Waals surface area contributed by atoms with E-state index in [1.165, 1.54) is 17.2 Å². The number of piperidine rings is 1. The highest BCUT2D eigenvalue weighted by Gasteiger charge is 2.29. The van der Waals surface area contributed by atoms with E-state index in [0.717, 1.165) is 29.5 Å². The smallest absolute Gasteiger partial charge is 0.123 e. The molecular weight excluding hydrogens is 329 g/mol. The van der Waals surface area contributed by atoms with Gasteiger partial charge in [0.25, 0.3) is 0 Å². The van der Waals surface area contributed by atoms with Crippen molar-refractivity contribution in [2.45, 2.75) is 25.2 Å². The fourth-order valence-electron chi connectivity index (χ4n) is 3.25. The Hall–Kier alpha value is -1.19. The zero-order valence-electron chi connectivity index (χ0n) is 12.1. The molecule has 2 aromatic rings. The van der Waals surface area contributed by atoms with E-state index >= 15 is 0 Å². The number of hydrogen-bond acceptors (Lipinski definition) is 1. The molecule has 1 N–H and O–H groups in total. The maximum absolute atomic E-state index is 13.6. The van der Waals surface area contributed by atoms with Crippen LogP contribution in [-0.4, -0.2) is 13.1 Å². The third kappa shape index (κ3) is 3.19. The van der Waals surface area contributed by atoms with Crippen LogP contribution in [0, 0.1) is 12.7 Å². The molecule has 1 aliphatic heterocycles. The molecule has 0 bridgehead atoms. The van der Waals surface area contributed by atoms with Crippen molar-refractivity contribution in [3.05, 3.63) is 69.4 Å². The third-order valence-corrected chi connectivity index (χ3v) is 5.00. The second kappa shape index (κ2) is 6.29. The number of nitrogens with one attached hydrogen (secondary N) is 1. The van der Waals surface area contributed by atoms with Crippen molar-refractivity contribution in [3.8, 4) is 0 Å². The lowest BCUT2D eigenvalue weighted by molar-refractivity contribution is 0.402. The average molecular weight is 348 g/mol. The molecule has 110 valence electrons. The van der Waals surface area contributed by atoms with Crippen molar-refractivity contribution < 1.29 is 4.39 Å². The molecule has 0 saturated carbocycles. The van der Waals surface area contributed by atoms with Crippen molar-refractivity contribution in [1.82, 2.24) is 5.32 Å². The summed E-state index contributed by atoms with van der Waals surface area (Å²) in [5, 5.41) is 3.45. The molecule has 1 heterocycles. The normalized spacial score (nSPS) is 22.2. The van der Waals surface area contributed by atoms with Gasteiger partial charge in [-0.2, -0.15) is 0 Å². The van der Waals surface area contributed by atoms with Gasteiger partial charge in [0.2, 0.25) is 0 Å². The second-order valence-electron chi connectivity index (χ2n) is 5.79. The van der Waals surface area contributed by atoms with Crippen LogP contribution in [0.15, 0.2) is 46.9 Å². The predicted octanol–water partition coefficient (Wildman–Crippen LogP) is 4.76. The lowest BCUT2D eigenvalue weighted by Gasteiger charge is -2.33. The summed E-state index contributed by atoms with van der Waals surface area (Å²) in [4.78, 5) is 0. The monoisotopic (exact) mass is 347 g/mol. The van der Waals surface area contributed by atoms with Gasteiger partial charge in [-0.05, 0) is 60.7 Å². The van der Waals surface area contributed by atoms with Crippen LogP contribution in [-0.2, 0) is 0 Å². The minimum atomic E-state index is -0.153. The van der Waals surface area contributed by atoms with E-state index in [4.69, 9.17) is 0 Å². The topological polar surface area (TPSA) is 12.0 Å². The van der Waals surface area contributed by atoms with E-state index < -0.39 is 0 Å². The van der Waals surface area contributed by atoms with E-state index in [2.05, 4.69) is 46.4 Å². The third-order valence-electron chi connectivity index (χ3n) is 4.31. The van der Waals surface area contributed by atoms with Gasteiger partial charge in [-0.15, -0.1) is 0 Å². The molecule has 0 aliphatic carbocycles. The number of aryl methyl sites for hydroxylation is 1. The minimum absolute atomic E-state index is 0.153.